The molecule has 0 aliphatic heterocycles. The number of hydrogen-bond donors (Lipinski definition) is 5. The smallest absolute Gasteiger partial charge is 0.233 e. The van der Waals surface area contributed by atoms with Gasteiger partial charge in [0.2, 0.25) is 23.8 Å². The lowest BCUT2D eigenvalue weighted by molar-refractivity contribution is -0.120. The van der Waals surface area contributed by atoms with Gasteiger partial charge in [-0.05, 0) is 41.8 Å². The van der Waals surface area contributed by atoms with Gasteiger partial charge in [-0.15, -0.1) is 0 Å². The zero-order valence-electron chi connectivity index (χ0n) is 24.5. The van der Waals surface area contributed by atoms with Crippen LogP contribution in [0.1, 0.15) is 17.5 Å². The molecule has 0 saturated heterocycles. The van der Waals surface area contributed by atoms with Crippen molar-refractivity contribution in [1.82, 2.24) is 29.8 Å². The Morgan fingerprint density at radius 1 is 0.841 bits per heavy atom. The Bertz CT molecular complexity index is 1390. The van der Waals surface area contributed by atoms with E-state index in [1.165, 1.54) is 12.1 Å². The number of imidazole rings is 1. The fourth-order valence-corrected chi connectivity index (χ4v) is 4.01. The van der Waals surface area contributed by atoms with E-state index in [1.54, 1.807) is 24.7 Å². The number of hydrogen-bond acceptors (Lipinski definition) is 11. The van der Waals surface area contributed by atoms with Gasteiger partial charge in [-0.3, -0.25) is 4.79 Å². The normalized spacial score (nSPS) is 10.9. The number of benzene rings is 2. The van der Waals surface area contributed by atoms with Crippen LogP contribution in [0.3, 0.4) is 0 Å². The molecule has 2 heterocycles. The van der Waals surface area contributed by atoms with Crippen molar-refractivity contribution in [2.75, 3.05) is 62.0 Å². The van der Waals surface area contributed by atoms with Crippen molar-refractivity contribution < 1.29 is 18.7 Å². The second-order valence-electron chi connectivity index (χ2n) is 9.73. The minimum Gasteiger partial charge on any atom is -0.378 e. The Balaban J connectivity index is 1.29. The quantitative estimate of drug-likeness (QED) is 0.0939. The zero-order chi connectivity index (χ0) is 30.8. The van der Waals surface area contributed by atoms with Crippen LogP contribution in [-0.2, 0) is 33.8 Å². The Kier molecular flexibility index (Phi) is 13.3. The lowest BCUT2D eigenvalue weighted by atomic mass is 10.1. The van der Waals surface area contributed by atoms with Crippen molar-refractivity contribution in [1.29, 1.82) is 0 Å². The average molecular weight is 607 g/mol. The Morgan fingerprint density at radius 2 is 1.55 bits per heavy atom. The van der Waals surface area contributed by atoms with E-state index in [0.717, 1.165) is 29.8 Å². The number of rotatable bonds is 20. The maximum absolute atomic E-state index is 13.3. The summed E-state index contributed by atoms with van der Waals surface area (Å²) in [5.74, 6) is 0.740. The van der Waals surface area contributed by atoms with Gasteiger partial charge in [0.05, 0.1) is 39.2 Å². The number of amides is 1. The minimum absolute atomic E-state index is 0.0909. The van der Waals surface area contributed by atoms with Crippen LogP contribution >= 0.6 is 0 Å². The molecule has 0 unspecified atom stereocenters. The van der Waals surface area contributed by atoms with Crippen LogP contribution in [-0.4, -0.2) is 76.5 Å². The number of anilines is 4. The third kappa shape index (κ3) is 11.9. The molecule has 0 fully saturated rings. The zero-order valence-corrected chi connectivity index (χ0v) is 24.5. The molecular formula is C30H39FN10O3. The third-order valence-corrected chi connectivity index (χ3v) is 6.21. The SMILES string of the molecule is NCCOCCOCCNC(=O)Cc1ccc(Nc2nc(NCCCn3ccnc3)nc(NCc3ccc(F)cc3)n2)cc1. The van der Waals surface area contributed by atoms with E-state index in [1.807, 2.05) is 35.0 Å². The van der Waals surface area contributed by atoms with Gasteiger partial charge in [-0.25, -0.2) is 9.37 Å². The van der Waals surface area contributed by atoms with E-state index in [4.69, 9.17) is 15.2 Å². The highest BCUT2D eigenvalue weighted by Gasteiger charge is 2.09. The van der Waals surface area contributed by atoms with Crippen LogP contribution in [0.2, 0.25) is 0 Å². The van der Waals surface area contributed by atoms with Crippen molar-refractivity contribution >= 4 is 29.4 Å². The number of nitrogens with zero attached hydrogens (tertiary/aromatic N) is 5. The van der Waals surface area contributed by atoms with E-state index in [-0.39, 0.29) is 18.1 Å². The summed E-state index contributed by atoms with van der Waals surface area (Å²) in [7, 11) is 0. The summed E-state index contributed by atoms with van der Waals surface area (Å²) in [5.41, 5.74) is 7.86. The Morgan fingerprint density at radius 3 is 2.27 bits per heavy atom. The number of nitrogens with one attached hydrogen (secondary N) is 4. The molecule has 0 saturated carbocycles. The lowest BCUT2D eigenvalue weighted by Crippen LogP contribution is -2.29. The summed E-state index contributed by atoms with van der Waals surface area (Å²) in [4.78, 5) is 29.9. The third-order valence-electron chi connectivity index (χ3n) is 6.21. The average Bonchev–Trinajstić information content (AvgIpc) is 3.55. The van der Waals surface area contributed by atoms with Crippen LogP contribution in [0.25, 0.3) is 0 Å². The summed E-state index contributed by atoms with van der Waals surface area (Å²) < 4.78 is 26.0. The second kappa shape index (κ2) is 18.1. The number of nitrogens with two attached hydrogens (primary N) is 1. The van der Waals surface area contributed by atoms with E-state index in [0.29, 0.717) is 70.5 Å². The maximum Gasteiger partial charge on any atom is 0.233 e. The first kappa shape index (κ1) is 32.3. The summed E-state index contributed by atoms with van der Waals surface area (Å²) in [6.45, 7) is 4.63. The first-order valence-electron chi connectivity index (χ1n) is 14.5. The molecular weight excluding hydrogens is 567 g/mol. The van der Waals surface area contributed by atoms with Crippen LogP contribution in [0.5, 0.6) is 0 Å². The van der Waals surface area contributed by atoms with Gasteiger partial charge in [-0.1, -0.05) is 24.3 Å². The van der Waals surface area contributed by atoms with E-state index in [9.17, 15) is 9.18 Å². The summed E-state index contributed by atoms with van der Waals surface area (Å²) in [5, 5.41) is 12.5. The molecule has 0 aliphatic rings. The molecule has 6 N–H and O–H groups in total. The molecule has 4 aromatic rings. The minimum atomic E-state index is -0.292. The molecule has 14 heteroatoms. The molecule has 0 bridgehead atoms. The first-order valence-corrected chi connectivity index (χ1v) is 14.5. The summed E-state index contributed by atoms with van der Waals surface area (Å²) >= 11 is 0. The van der Waals surface area contributed by atoms with Crippen molar-refractivity contribution in [3.63, 3.8) is 0 Å². The van der Waals surface area contributed by atoms with Crippen molar-refractivity contribution in [2.45, 2.75) is 25.9 Å². The highest BCUT2D eigenvalue weighted by atomic mass is 19.1. The number of carbonyl (C=O) groups is 1. The first-order chi connectivity index (χ1) is 21.6. The largest absolute Gasteiger partial charge is 0.378 e. The number of carbonyl (C=O) groups excluding carboxylic acids is 1. The van der Waals surface area contributed by atoms with Crippen LogP contribution < -0.4 is 27.0 Å². The molecule has 0 spiro atoms. The highest BCUT2D eigenvalue weighted by molar-refractivity contribution is 5.78. The molecule has 0 aliphatic carbocycles. The van der Waals surface area contributed by atoms with Gasteiger partial charge >= 0.3 is 0 Å². The number of aromatic nitrogens is 5. The van der Waals surface area contributed by atoms with Gasteiger partial charge in [0.25, 0.3) is 0 Å². The maximum atomic E-state index is 13.3. The highest BCUT2D eigenvalue weighted by Crippen LogP contribution is 2.18. The van der Waals surface area contributed by atoms with Crippen molar-refractivity contribution in [3.05, 3.63) is 84.2 Å². The van der Waals surface area contributed by atoms with Crippen LogP contribution in [0.4, 0.5) is 27.9 Å². The number of halogens is 1. The fraction of sp³-hybridized carbons (Fsp3) is 0.367. The Hall–Kier alpha value is -4.66. The molecule has 2 aromatic carbocycles. The van der Waals surface area contributed by atoms with Crippen molar-refractivity contribution in [2.24, 2.45) is 5.73 Å². The summed E-state index contributed by atoms with van der Waals surface area (Å²) in [6, 6.07) is 13.7. The molecule has 2 aromatic heterocycles. The molecule has 0 atom stereocenters. The Labute approximate surface area is 255 Å². The molecule has 0 radical (unpaired) electrons. The molecule has 44 heavy (non-hydrogen) atoms. The van der Waals surface area contributed by atoms with Crippen LogP contribution in [0, 0.1) is 5.82 Å². The van der Waals surface area contributed by atoms with Gasteiger partial charge in [0.15, 0.2) is 0 Å². The van der Waals surface area contributed by atoms with Crippen LogP contribution in [0.15, 0.2) is 67.3 Å². The predicted octanol–water partition coefficient (Wildman–Crippen LogP) is 2.72. The molecule has 13 nitrogen and oxygen atoms in total. The predicted molar refractivity (Wildman–Crippen MR) is 166 cm³/mol. The summed E-state index contributed by atoms with van der Waals surface area (Å²) in [6.07, 6.45) is 6.53. The molecule has 4 rings (SSSR count). The number of ether oxygens (including phenoxy) is 2. The van der Waals surface area contributed by atoms with Gasteiger partial charge in [0, 0.05) is 50.8 Å². The second-order valence-corrected chi connectivity index (χ2v) is 9.73. The topological polar surface area (TPSA) is 166 Å². The lowest BCUT2D eigenvalue weighted by Gasteiger charge is -2.12. The fourth-order valence-electron chi connectivity index (χ4n) is 4.01. The van der Waals surface area contributed by atoms with E-state index in [2.05, 4.69) is 41.2 Å². The van der Waals surface area contributed by atoms with Crippen molar-refractivity contribution in [3.8, 4) is 0 Å². The monoisotopic (exact) mass is 606 g/mol. The van der Waals surface area contributed by atoms with Gasteiger partial charge in [0.1, 0.15) is 5.82 Å². The molecule has 234 valence electrons. The van der Waals surface area contributed by atoms with Gasteiger partial charge < -0.3 is 41.0 Å². The number of aryl methyl sites for hydroxylation is 1. The molecule has 1 amide bonds. The van der Waals surface area contributed by atoms with E-state index >= 15 is 0 Å². The van der Waals surface area contributed by atoms with E-state index < -0.39 is 0 Å². The van der Waals surface area contributed by atoms with Gasteiger partial charge in [-0.2, -0.15) is 15.0 Å². The standard InChI is InChI=1S/C30H39FN10O3/c31-25-6-2-24(3-7-25)21-36-29-38-28(35-11-1-14-41-15-12-33-22-41)39-30(40-29)37-26-8-4-23(5-9-26)20-27(42)34-13-17-44-19-18-43-16-10-32/h2-9,12,15,22H,1,10-11,13-14,16-21,32H2,(H,34,42)(H3,35,36,37,38,39,40).